The summed E-state index contributed by atoms with van der Waals surface area (Å²) in [6, 6.07) is 7.09. The molecule has 1 aromatic heterocycles. The van der Waals surface area contributed by atoms with Crippen LogP contribution in [0.4, 0.5) is 0 Å². The fourth-order valence-electron chi connectivity index (χ4n) is 2.05. The first-order chi connectivity index (χ1) is 10.9. The quantitative estimate of drug-likeness (QED) is 0.802. The molecule has 8 heteroatoms. The number of benzene rings is 1. The molecule has 23 heavy (non-hydrogen) atoms. The molecule has 0 unspecified atom stereocenters. The highest BCUT2D eigenvalue weighted by atomic mass is 35.5. The molecule has 1 aromatic carbocycles. The third kappa shape index (κ3) is 4.20. The normalized spacial score (nSPS) is 12.2. The van der Waals surface area contributed by atoms with Gasteiger partial charge in [-0.25, -0.2) is 4.79 Å². The van der Waals surface area contributed by atoms with Crippen LogP contribution in [0.1, 0.15) is 24.4 Å². The van der Waals surface area contributed by atoms with Crippen LogP contribution in [0.2, 0.25) is 5.02 Å². The third-order valence-corrected chi connectivity index (χ3v) is 3.78. The molecule has 2 rings (SSSR count). The molecule has 0 N–H and O–H groups in total. The Labute approximate surface area is 138 Å². The lowest BCUT2D eigenvalue weighted by Gasteiger charge is -2.25. The monoisotopic (exact) mass is 339 g/mol. The lowest BCUT2D eigenvalue weighted by Crippen LogP contribution is -2.35. The number of likely N-dealkylation sites (N-methyl/N-ethyl adjacent to an activating group) is 1. The van der Waals surface area contributed by atoms with Gasteiger partial charge in [-0.05, 0) is 24.6 Å². The van der Waals surface area contributed by atoms with Crippen LogP contribution in [0.3, 0.4) is 0 Å². The number of hydrogen-bond acceptors (Lipinski definition) is 5. The molecular weight excluding hydrogens is 322 g/mol. The number of rotatable bonds is 6. The van der Waals surface area contributed by atoms with E-state index in [-0.39, 0.29) is 31.0 Å². The summed E-state index contributed by atoms with van der Waals surface area (Å²) in [5, 5.41) is 4.55. The molecule has 1 amide bonds. The Hall–Kier alpha value is -2.12. The van der Waals surface area contributed by atoms with Crippen LogP contribution in [0.5, 0.6) is 0 Å². The Morgan fingerprint density at radius 2 is 2.09 bits per heavy atom. The number of nitrogens with zero attached hydrogens (tertiary/aromatic N) is 3. The van der Waals surface area contributed by atoms with Crippen molar-refractivity contribution in [1.82, 2.24) is 14.7 Å². The van der Waals surface area contributed by atoms with Crippen molar-refractivity contribution in [3.05, 3.63) is 51.3 Å². The van der Waals surface area contributed by atoms with E-state index >= 15 is 0 Å². The van der Waals surface area contributed by atoms with Crippen molar-refractivity contribution in [3.8, 4) is 0 Å². The minimum atomic E-state index is -0.682. The predicted octanol–water partition coefficient (Wildman–Crippen LogP) is 1.86. The van der Waals surface area contributed by atoms with E-state index in [0.717, 1.165) is 10.2 Å². The molecular formula is C15H18ClN3O4. The Bertz CT molecular complexity index is 723. The van der Waals surface area contributed by atoms with Gasteiger partial charge in [-0.1, -0.05) is 23.7 Å². The summed E-state index contributed by atoms with van der Waals surface area (Å²) in [5.41, 5.74) is 0.942. The van der Waals surface area contributed by atoms with E-state index in [0.29, 0.717) is 5.02 Å². The minimum absolute atomic E-state index is 0.0768. The van der Waals surface area contributed by atoms with Crippen LogP contribution in [0.25, 0.3) is 0 Å². The topological polar surface area (TPSA) is 77.6 Å². The van der Waals surface area contributed by atoms with Gasteiger partial charge < -0.3 is 14.1 Å². The number of ether oxygens (including phenoxy) is 1. The van der Waals surface area contributed by atoms with Gasteiger partial charge in [0.15, 0.2) is 0 Å². The first kappa shape index (κ1) is 17.2. The van der Waals surface area contributed by atoms with Crippen molar-refractivity contribution in [2.24, 2.45) is 0 Å². The Morgan fingerprint density at radius 3 is 2.70 bits per heavy atom. The average Bonchev–Trinajstić information content (AvgIpc) is 2.86. The van der Waals surface area contributed by atoms with Crippen LogP contribution in [0, 0.1) is 0 Å². The lowest BCUT2D eigenvalue weighted by molar-refractivity contribution is -0.132. The summed E-state index contributed by atoms with van der Waals surface area (Å²) in [4.78, 5) is 25.5. The second-order valence-electron chi connectivity index (χ2n) is 5.08. The molecule has 0 saturated heterocycles. The number of carbonyl (C=O) groups excluding carboxylic acids is 1. The molecule has 0 aliphatic carbocycles. The average molecular weight is 340 g/mol. The van der Waals surface area contributed by atoms with Gasteiger partial charge >= 0.3 is 5.76 Å². The van der Waals surface area contributed by atoms with Crippen molar-refractivity contribution >= 4 is 17.5 Å². The largest absolute Gasteiger partial charge is 0.437 e. The van der Waals surface area contributed by atoms with Crippen molar-refractivity contribution in [2.75, 3.05) is 14.2 Å². The zero-order valence-corrected chi connectivity index (χ0v) is 13.9. The summed E-state index contributed by atoms with van der Waals surface area (Å²) < 4.78 is 10.7. The first-order valence-corrected chi connectivity index (χ1v) is 7.37. The summed E-state index contributed by atoms with van der Waals surface area (Å²) in [6.07, 6.45) is 0. The maximum Gasteiger partial charge on any atom is 0.437 e. The zero-order valence-electron chi connectivity index (χ0n) is 13.2. The van der Waals surface area contributed by atoms with Crippen molar-refractivity contribution in [2.45, 2.75) is 26.1 Å². The Balaban J connectivity index is 2.07. The van der Waals surface area contributed by atoms with Crippen LogP contribution < -0.4 is 5.76 Å². The van der Waals surface area contributed by atoms with E-state index in [4.69, 9.17) is 20.8 Å². The molecule has 1 heterocycles. The maximum absolute atomic E-state index is 12.3. The summed E-state index contributed by atoms with van der Waals surface area (Å²) in [6.45, 7) is 1.77. The van der Waals surface area contributed by atoms with E-state index in [1.54, 1.807) is 24.1 Å². The van der Waals surface area contributed by atoms with Gasteiger partial charge in [0.25, 0.3) is 0 Å². The van der Waals surface area contributed by atoms with Gasteiger partial charge in [0.1, 0.15) is 13.2 Å². The minimum Gasteiger partial charge on any atom is -0.390 e. The molecule has 2 aromatic rings. The number of amides is 1. The van der Waals surface area contributed by atoms with E-state index < -0.39 is 5.76 Å². The number of carbonyl (C=O) groups is 1. The van der Waals surface area contributed by atoms with Gasteiger partial charge in [0.2, 0.25) is 11.8 Å². The van der Waals surface area contributed by atoms with Crippen LogP contribution in [0.15, 0.2) is 33.5 Å². The number of hydrogen-bond donors (Lipinski definition) is 0. The second-order valence-corrected chi connectivity index (χ2v) is 5.52. The van der Waals surface area contributed by atoms with Gasteiger partial charge in [-0.15, -0.1) is 5.10 Å². The molecule has 0 aliphatic heterocycles. The molecule has 124 valence electrons. The smallest absolute Gasteiger partial charge is 0.390 e. The standard InChI is InChI=1S/C15H18ClN3O4/c1-10(11-4-6-12(16)7-5-11)18(2)14(20)8-19-15(21)23-13(17-19)9-22-3/h4-7,10H,8-9H2,1-3H3/t10-/m1/s1. The molecule has 0 aliphatic rings. The number of aromatic nitrogens is 2. The zero-order chi connectivity index (χ0) is 17.0. The molecule has 1 atom stereocenters. The van der Waals surface area contributed by atoms with Crippen LogP contribution in [-0.2, 0) is 22.7 Å². The van der Waals surface area contributed by atoms with Gasteiger partial charge in [0, 0.05) is 19.2 Å². The fourth-order valence-corrected chi connectivity index (χ4v) is 2.18. The van der Waals surface area contributed by atoms with Gasteiger partial charge in [0.05, 0.1) is 6.04 Å². The Kier molecular flexibility index (Phi) is 5.57. The molecule has 0 bridgehead atoms. The Morgan fingerprint density at radius 1 is 1.43 bits per heavy atom. The number of methoxy groups -OCH3 is 1. The highest BCUT2D eigenvalue weighted by Gasteiger charge is 2.20. The van der Waals surface area contributed by atoms with E-state index in [9.17, 15) is 9.59 Å². The second kappa shape index (κ2) is 7.43. The van der Waals surface area contributed by atoms with E-state index in [1.165, 1.54) is 7.11 Å². The molecule has 0 saturated carbocycles. The van der Waals surface area contributed by atoms with Crippen molar-refractivity contribution < 1.29 is 13.9 Å². The highest BCUT2D eigenvalue weighted by Crippen LogP contribution is 2.20. The molecule has 7 nitrogen and oxygen atoms in total. The predicted molar refractivity (Wildman–Crippen MR) is 84.1 cm³/mol. The van der Waals surface area contributed by atoms with Crippen LogP contribution in [-0.4, -0.2) is 34.7 Å². The van der Waals surface area contributed by atoms with Crippen LogP contribution >= 0.6 is 11.6 Å². The summed E-state index contributed by atoms with van der Waals surface area (Å²) in [5.74, 6) is -0.802. The van der Waals surface area contributed by atoms with Gasteiger partial charge in [-0.2, -0.15) is 4.68 Å². The van der Waals surface area contributed by atoms with Crippen molar-refractivity contribution in [1.29, 1.82) is 0 Å². The molecule has 0 radical (unpaired) electrons. The SMILES string of the molecule is COCc1nn(CC(=O)N(C)[C@H](C)c2ccc(Cl)cc2)c(=O)o1. The van der Waals surface area contributed by atoms with Crippen molar-refractivity contribution in [3.63, 3.8) is 0 Å². The third-order valence-electron chi connectivity index (χ3n) is 3.53. The van der Waals surface area contributed by atoms with E-state index in [1.807, 2.05) is 19.1 Å². The summed E-state index contributed by atoms with van der Waals surface area (Å²) in [7, 11) is 3.13. The molecule has 0 spiro atoms. The molecule has 0 fully saturated rings. The first-order valence-electron chi connectivity index (χ1n) is 6.99. The lowest BCUT2D eigenvalue weighted by atomic mass is 10.1. The fraction of sp³-hybridized carbons (Fsp3) is 0.400. The maximum atomic E-state index is 12.3. The number of halogens is 1. The van der Waals surface area contributed by atoms with E-state index in [2.05, 4.69) is 5.10 Å². The summed E-state index contributed by atoms with van der Waals surface area (Å²) >= 11 is 5.86. The van der Waals surface area contributed by atoms with Gasteiger partial charge in [-0.3, -0.25) is 4.79 Å². The highest BCUT2D eigenvalue weighted by molar-refractivity contribution is 6.30.